The van der Waals surface area contributed by atoms with Gasteiger partial charge in [-0.25, -0.2) is 0 Å². The fourth-order valence-corrected chi connectivity index (χ4v) is 4.72. The van der Waals surface area contributed by atoms with Crippen LogP contribution in [0, 0.1) is 11.8 Å². The molecule has 0 aromatic heterocycles. The van der Waals surface area contributed by atoms with Gasteiger partial charge in [-0.05, 0) is 24.0 Å². The molecule has 5 nitrogen and oxygen atoms in total. The maximum Gasteiger partial charge on any atom is 0.308 e. The van der Waals surface area contributed by atoms with Gasteiger partial charge in [0.15, 0.2) is 6.10 Å². The smallest absolute Gasteiger partial charge is 0.308 e. The number of likely N-dealkylation sites (tertiary alicyclic amines) is 1. The van der Waals surface area contributed by atoms with Crippen LogP contribution in [0.5, 0.6) is 0 Å². The molecule has 0 radical (unpaired) electrons. The van der Waals surface area contributed by atoms with E-state index in [1.54, 1.807) is 0 Å². The average molecular weight is 387 g/mol. The second-order valence-electron chi connectivity index (χ2n) is 7.78. The molecule has 1 heterocycles. The van der Waals surface area contributed by atoms with Gasteiger partial charge in [-0.1, -0.05) is 60.7 Å². The van der Waals surface area contributed by atoms with Crippen LogP contribution in [0.25, 0.3) is 11.1 Å². The van der Waals surface area contributed by atoms with Crippen molar-refractivity contribution in [2.45, 2.75) is 25.4 Å². The van der Waals surface area contributed by atoms with Gasteiger partial charge in [0.2, 0.25) is 11.8 Å². The molecule has 2 atom stereocenters. The highest BCUT2D eigenvalue weighted by atomic mass is 16.5. The van der Waals surface area contributed by atoms with Gasteiger partial charge in [0.25, 0.3) is 0 Å². The van der Waals surface area contributed by atoms with E-state index in [1.165, 1.54) is 4.90 Å². The Labute approximate surface area is 169 Å². The molecule has 2 aliphatic carbocycles. The highest BCUT2D eigenvalue weighted by molar-refractivity contribution is 6.05. The molecule has 2 amide bonds. The summed E-state index contributed by atoms with van der Waals surface area (Å²) in [5.74, 6) is -1.26. The van der Waals surface area contributed by atoms with E-state index in [4.69, 9.17) is 4.74 Å². The predicted octanol–water partition coefficient (Wildman–Crippen LogP) is 3.64. The Bertz CT molecular complexity index is 969. The van der Waals surface area contributed by atoms with E-state index in [-0.39, 0.29) is 36.6 Å². The lowest BCUT2D eigenvalue weighted by atomic mass is 9.85. The summed E-state index contributed by atoms with van der Waals surface area (Å²) in [7, 11) is 0. The van der Waals surface area contributed by atoms with Gasteiger partial charge in [0, 0.05) is 17.7 Å². The first-order valence-corrected chi connectivity index (χ1v) is 10.0. The second-order valence-corrected chi connectivity index (χ2v) is 7.78. The molecule has 1 fully saturated rings. The number of rotatable bonds is 4. The molecule has 1 aliphatic heterocycles. The number of ether oxygens (including phenoxy) is 1. The second kappa shape index (κ2) is 6.99. The summed E-state index contributed by atoms with van der Waals surface area (Å²) in [5, 5.41) is 0. The first-order chi connectivity index (χ1) is 14.1. The lowest BCUT2D eigenvalue weighted by Crippen LogP contribution is -2.33. The van der Waals surface area contributed by atoms with Gasteiger partial charge >= 0.3 is 5.97 Å². The molecule has 1 saturated heterocycles. The predicted molar refractivity (Wildman–Crippen MR) is 107 cm³/mol. The monoisotopic (exact) mass is 387 g/mol. The van der Waals surface area contributed by atoms with E-state index in [0.29, 0.717) is 12.8 Å². The molecule has 5 heteroatoms. The lowest BCUT2D eigenvalue weighted by Gasteiger charge is -2.17. The fraction of sp³-hybridized carbons (Fsp3) is 0.292. The molecular weight excluding hydrogens is 366 g/mol. The maximum atomic E-state index is 12.6. The molecule has 3 aliphatic rings. The molecule has 2 aromatic carbocycles. The highest BCUT2D eigenvalue weighted by Crippen LogP contribution is 2.45. The largest absolute Gasteiger partial charge is 0.452 e. The zero-order chi connectivity index (χ0) is 20.0. The SMILES string of the molecule is O=C(CCN1C(=O)[C@H]2CC=CC[C@@H]2C1=O)OC1c2ccccc2-c2ccccc21. The van der Waals surface area contributed by atoms with E-state index >= 15 is 0 Å². The number of hydrogen-bond acceptors (Lipinski definition) is 4. The van der Waals surface area contributed by atoms with Gasteiger partial charge in [0.05, 0.1) is 18.3 Å². The first kappa shape index (κ1) is 17.9. The summed E-state index contributed by atoms with van der Waals surface area (Å²) in [4.78, 5) is 39.0. The standard InChI is InChI=1S/C24H21NO4/c26-21(13-14-25-23(27)19-11-5-6-12-20(19)24(25)28)29-22-17-9-3-1-7-15(17)16-8-2-4-10-18(16)22/h1-10,19-20,22H,11-14H2/t19-,20-/m0/s1. The molecule has 29 heavy (non-hydrogen) atoms. The van der Waals surface area contributed by atoms with Crippen LogP contribution in [-0.2, 0) is 19.1 Å². The van der Waals surface area contributed by atoms with Crippen molar-refractivity contribution < 1.29 is 19.1 Å². The zero-order valence-corrected chi connectivity index (χ0v) is 15.9. The van der Waals surface area contributed by atoms with Crippen LogP contribution >= 0.6 is 0 Å². The summed E-state index contributed by atoms with van der Waals surface area (Å²) in [5.41, 5.74) is 4.07. The van der Waals surface area contributed by atoms with Crippen molar-refractivity contribution in [3.8, 4) is 11.1 Å². The number of esters is 1. The maximum absolute atomic E-state index is 12.6. The Balaban J connectivity index is 1.29. The van der Waals surface area contributed by atoms with E-state index in [1.807, 2.05) is 60.7 Å². The summed E-state index contributed by atoms with van der Waals surface area (Å²) in [6, 6.07) is 15.8. The Hall–Kier alpha value is -3.21. The number of carbonyl (C=O) groups is 3. The molecule has 5 rings (SSSR count). The first-order valence-electron chi connectivity index (χ1n) is 10.0. The number of imide groups is 1. The van der Waals surface area contributed by atoms with E-state index in [2.05, 4.69) is 0 Å². The third-order valence-corrected chi connectivity index (χ3v) is 6.16. The molecule has 0 bridgehead atoms. The van der Waals surface area contributed by atoms with Crippen molar-refractivity contribution in [1.82, 2.24) is 4.90 Å². The minimum absolute atomic E-state index is 0.00514. The summed E-state index contributed by atoms with van der Waals surface area (Å²) in [6.45, 7) is 0.0829. The van der Waals surface area contributed by atoms with E-state index in [0.717, 1.165) is 22.3 Å². The third-order valence-electron chi connectivity index (χ3n) is 6.16. The molecule has 0 N–H and O–H groups in total. The number of fused-ring (bicyclic) bond motifs is 4. The number of carbonyl (C=O) groups excluding carboxylic acids is 3. The van der Waals surface area contributed by atoms with Crippen LogP contribution in [0.3, 0.4) is 0 Å². The van der Waals surface area contributed by atoms with Gasteiger partial charge in [-0.3, -0.25) is 19.3 Å². The molecule has 0 unspecified atom stereocenters. The number of allylic oxidation sites excluding steroid dienone is 2. The molecule has 146 valence electrons. The Morgan fingerprint density at radius 3 is 1.93 bits per heavy atom. The number of benzene rings is 2. The molecule has 2 aromatic rings. The minimum Gasteiger partial charge on any atom is -0.452 e. The number of hydrogen-bond donors (Lipinski definition) is 0. The van der Waals surface area contributed by atoms with Gasteiger partial charge < -0.3 is 4.74 Å². The summed E-state index contributed by atoms with van der Waals surface area (Å²) in [6.07, 6.45) is 4.67. The van der Waals surface area contributed by atoms with Crippen molar-refractivity contribution >= 4 is 17.8 Å². The van der Waals surface area contributed by atoms with Crippen molar-refractivity contribution in [3.63, 3.8) is 0 Å². The third kappa shape index (κ3) is 2.89. The number of amides is 2. The molecular formula is C24H21NO4. The normalized spacial score (nSPS) is 22.4. The minimum atomic E-state index is -0.452. The van der Waals surface area contributed by atoms with Gasteiger partial charge in [0.1, 0.15) is 0 Å². The molecule has 0 spiro atoms. The highest BCUT2D eigenvalue weighted by Gasteiger charge is 2.47. The van der Waals surface area contributed by atoms with Gasteiger partial charge in [-0.15, -0.1) is 0 Å². The van der Waals surface area contributed by atoms with Crippen LogP contribution in [0.2, 0.25) is 0 Å². The van der Waals surface area contributed by atoms with E-state index < -0.39 is 12.1 Å². The van der Waals surface area contributed by atoms with Crippen LogP contribution in [0.1, 0.15) is 36.5 Å². The zero-order valence-electron chi connectivity index (χ0n) is 15.9. The quantitative estimate of drug-likeness (QED) is 0.456. The van der Waals surface area contributed by atoms with Crippen molar-refractivity contribution in [2.75, 3.05) is 6.54 Å². The van der Waals surface area contributed by atoms with Crippen molar-refractivity contribution in [2.24, 2.45) is 11.8 Å². The van der Waals surface area contributed by atoms with Crippen molar-refractivity contribution in [3.05, 3.63) is 71.8 Å². The number of nitrogens with zero attached hydrogens (tertiary/aromatic N) is 1. The van der Waals surface area contributed by atoms with Crippen LogP contribution in [0.15, 0.2) is 60.7 Å². The summed E-state index contributed by atoms with van der Waals surface area (Å²) < 4.78 is 5.81. The van der Waals surface area contributed by atoms with Gasteiger partial charge in [-0.2, -0.15) is 0 Å². The lowest BCUT2D eigenvalue weighted by molar-refractivity contribution is -0.148. The van der Waals surface area contributed by atoms with Crippen LogP contribution < -0.4 is 0 Å². The fourth-order valence-electron chi connectivity index (χ4n) is 4.72. The van der Waals surface area contributed by atoms with E-state index in [9.17, 15) is 14.4 Å². The summed E-state index contributed by atoms with van der Waals surface area (Å²) >= 11 is 0. The molecule has 0 saturated carbocycles. The van der Waals surface area contributed by atoms with Crippen LogP contribution in [-0.4, -0.2) is 29.2 Å². The van der Waals surface area contributed by atoms with Crippen LogP contribution in [0.4, 0.5) is 0 Å². The Morgan fingerprint density at radius 1 is 0.862 bits per heavy atom. The topological polar surface area (TPSA) is 63.7 Å². The Morgan fingerprint density at radius 2 is 1.38 bits per heavy atom. The van der Waals surface area contributed by atoms with Crippen molar-refractivity contribution in [1.29, 1.82) is 0 Å². The Kier molecular flexibility index (Phi) is 4.31. The average Bonchev–Trinajstić information content (AvgIpc) is 3.20.